The van der Waals surface area contributed by atoms with Gasteiger partial charge in [0.25, 0.3) is 5.91 Å². The molecule has 128 valence electrons. The molecule has 1 N–H and O–H groups in total. The van der Waals surface area contributed by atoms with E-state index in [9.17, 15) is 9.59 Å². The Kier molecular flexibility index (Phi) is 4.54. The summed E-state index contributed by atoms with van der Waals surface area (Å²) in [5, 5.41) is 3.29. The van der Waals surface area contributed by atoms with Crippen molar-refractivity contribution in [2.75, 3.05) is 26.5 Å². The fourth-order valence-electron chi connectivity index (χ4n) is 3.61. The molecule has 3 atom stereocenters. The van der Waals surface area contributed by atoms with Crippen molar-refractivity contribution >= 4 is 29.1 Å². The van der Waals surface area contributed by atoms with Crippen molar-refractivity contribution in [2.45, 2.75) is 12.8 Å². The number of amides is 2. The van der Waals surface area contributed by atoms with Gasteiger partial charge in [-0.1, -0.05) is 23.8 Å². The summed E-state index contributed by atoms with van der Waals surface area (Å²) in [5.74, 6) is 0.853. The van der Waals surface area contributed by atoms with Gasteiger partial charge in [0.1, 0.15) is 0 Å². The molecule has 0 aliphatic heterocycles. The van der Waals surface area contributed by atoms with Gasteiger partial charge in [-0.05, 0) is 36.8 Å². The quantitative estimate of drug-likeness (QED) is 0.850. The second-order valence-corrected chi connectivity index (χ2v) is 7.05. The van der Waals surface area contributed by atoms with Crippen LogP contribution in [-0.2, 0) is 4.79 Å². The van der Waals surface area contributed by atoms with Crippen LogP contribution in [0.4, 0.5) is 5.69 Å². The van der Waals surface area contributed by atoms with Crippen LogP contribution in [0.2, 0.25) is 5.02 Å². The fraction of sp³-hybridized carbons (Fsp3) is 0.444. The van der Waals surface area contributed by atoms with E-state index in [0.29, 0.717) is 33.9 Å². The Morgan fingerprint density at radius 1 is 1.25 bits per heavy atom. The maximum absolute atomic E-state index is 12.7. The van der Waals surface area contributed by atoms with Crippen molar-refractivity contribution in [3.05, 3.63) is 34.9 Å². The first kappa shape index (κ1) is 16.8. The summed E-state index contributed by atoms with van der Waals surface area (Å²) in [6.07, 6.45) is 6.26. The highest BCUT2D eigenvalue weighted by molar-refractivity contribution is 6.31. The van der Waals surface area contributed by atoms with Crippen molar-refractivity contribution in [3.8, 4) is 5.75 Å². The van der Waals surface area contributed by atoms with E-state index in [1.807, 2.05) is 0 Å². The van der Waals surface area contributed by atoms with E-state index in [2.05, 4.69) is 17.5 Å². The molecule has 1 aromatic carbocycles. The minimum absolute atomic E-state index is 0.0308. The number of nitrogens with one attached hydrogen (secondary N) is 1. The lowest BCUT2D eigenvalue weighted by Gasteiger charge is -2.20. The molecule has 3 rings (SSSR count). The van der Waals surface area contributed by atoms with Crippen molar-refractivity contribution < 1.29 is 14.3 Å². The lowest BCUT2D eigenvalue weighted by molar-refractivity contribution is -0.120. The Hall–Kier alpha value is -2.01. The molecule has 24 heavy (non-hydrogen) atoms. The third kappa shape index (κ3) is 3.00. The van der Waals surface area contributed by atoms with Crippen LogP contribution in [0.1, 0.15) is 23.2 Å². The number of hydrogen-bond acceptors (Lipinski definition) is 3. The zero-order valence-corrected chi connectivity index (χ0v) is 14.8. The molecular weight excluding hydrogens is 328 g/mol. The third-order valence-electron chi connectivity index (χ3n) is 4.77. The van der Waals surface area contributed by atoms with E-state index in [1.54, 1.807) is 26.2 Å². The summed E-state index contributed by atoms with van der Waals surface area (Å²) in [6, 6.07) is 3.17. The third-order valence-corrected chi connectivity index (χ3v) is 4.99. The number of carbonyl (C=O) groups excluding carboxylic acids is 2. The maximum atomic E-state index is 12.7. The molecule has 2 bridgehead atoms. The van der Waals surface area contributed by atoms with Gasteiger partial charge in [0.15, 0.2) is 5.75 Å². The topological polar surface area (TPSA) is 58.6 Å². The van der Waals surface area contributed by atoms with Gasteiger partial charge in [0.05, 0.1) is 18.4 Å². The molecule has 1 aromatic rings. The van der Waals surface area contributed by atoms with Crippen LogP contribution in [0.3, 0.4) is 0 Å². The van der Waals surface area contributed by atoms with Crippen molar-refractivity contribution in [1.29, 1.82) is 0 Å². The normalized spacial score (nSPS) is 24.1. The van der Waals surface area contributed by atoms with E-state index >= 15 is 0 Å². The standard InChI is InChI=1S/C18H21ClN2O3/c1-21(2)18(23)14-8-12(19)9-15(16(14)24-3)20-17(22)13-7-10-4-5-11(13)6-10/h4-5,8-11,13H,6-7H2,1-3H3,(H,20,22)/t10-,11-,13+/m0/s1. The first-order valence-electron chi connectivity index (χ1n) is 7.99. The van der Waals surface area contributed by atoms with Gasteiger partial charge in [0, 0.05) is 25.0 Å². The number of allylic oxidation sites excluding steroid dienone is 2. The number of nitrogens with zero attached hydrogens (tertiary/aromatic N) is 1. The fourth-order valence-corrected chi connectivity index (χ4v) is 3.83. The molecular formula is C18H21ClN2O3. The number of fused-ring (bicyclic) bond motifs is 2. The van der Waals surface area contributed by atoms with Gasteiger partial charge in [-0.2, -0.15) is 0 Å². The molecule has 1 fully saturated rings. The predicted octanol–water partition coefficient (Wildman–Crippen LogP) is 3.20. The number of anilines is 1. The lowest BCUT2D eigenvalue weighted by Crippen LogP contribution is -2.27. The summed E-state index contributed by atoms with van der Waals surface area (Å²) >= 11 is 6.15. The van der Waals surface area contributed by atoms with Gasteiger partial charge < -0.3 is 15.0 Å². The van der Waals surface area contributed by atoms with Gasteiger partial charge in [-0.25, -0.2) is 0 Å². The van der Waals surface area contributed by atoms with Crippen LogP contribution < -0.4 is 10.1 Å². The van der Waals surface area contributed by atoms with Gasteiger partial charge >= 0.3 is 0 Å². The molecule has 0 aromatic heterocycles. The zero-order valence-electron chi connectivity index (χ0n) is 14.0. The van der Waals surface area contributed by atoms with Crippen LogP contribution in [0, 0.1) is 17.8 Å². The monoisotopic (exact) mass is 348 g/mol. The van der Waals surface area contributed by atoms with Gasteiger partial charge in [0.2, 0.25) is 5.91 Å². The van der Waals surface area contributed by atoms with Crippen LogP contribution in [0.25, 0.3) is 0 Å². The molecule has 0 radical (unpaired) electrons. The largest absolute Gasteiger partial charge is 0.494 e. The molecule has 0 unspecified atom stereocenters. The Morgan fingerprint density at radius 2 is 2.00 bits per heavy atom. The highest BCUT2D eigenvalue weighted by Gasteiger charge is 2.40. The minimum atomic E-state index is -0.229. The molecule has 2 aliphatic rings. The molecule has 2 amide bonds. The van der Waals surface area contributed by atoms with Crippen LogP contribution in [0.15, 0.2) is 24.3 Å². The van der Waals surface area contributed by atoms with Crippen molar-refractivity contribution in [1.82, 2.24) is 4.90 Å². The predicted molar refractivity (Wildman–Crippen MR) is 93.5 cm³/mol. The van der Waals surface area contributed by atoms with E-state index in [-0.39, 0.29) is 17.7 Å². The molecule has 0 heterocycles. The number of ether oxygens (including phenoxy) is 1. The first-order valence-corrected chi connectivity index (χ1v) is 8.37. The van der Waals surface area contributed by atoms with Gasteiger partial charge in [-0.3, -0.25) is 9.59 Å². The second kappa shape index (κ2) is 6.48. The Morgan fingerprint density at radius 3 is 2.54 bits per heavy atom. The van der Waals surface area contributed by atoms with Crippen molar-refractivity contribution in [3.63, 3.8) is 0 Å². The molecule has 6 heteroatoms. The molecule has 0 saturated heterocycles. The van der Waals surface area contributed by atoms with E-state index in [1.165, 1.54) is 12.0 Å². The lowest BCUT2D eigenvalue weighted by atomic mass is 9.92. The highest BCUT2D eigenvalue weighted by Crippen LogP contribution is 2.44. The van der Waals surface area contributed by atoms with Crippen LogP contribution >= 0.6 is 11.6 Å². The first-order chi connectivity index (χ1) is 11.4. The summed E-state index contributed by atoms with van der Waals surface area (Å²) in [5.41, 5.74) is 0.769. The molecule has 1 saturated carbocycles. The van der Waals surface area contributed by atoms with Gasteiger partial charge in [-0.15, -0.1) is 0 Å². The van der Waals surface area contributed by atoms with Crippen LogP contribution in [-0.4, -0.2) is 37.9 Å². The zero-order chi connectivity index (χ0) is 17.4. The molecule has 0 spiro atoms. The average molecular weight is 349 g/mol. The number of rotatable bonds is 4. The Bertz CT molecular complexity index is 714. The number of halogens is 1. The number of carbonyl (C=O) groups is 2. The van der Waals surface area contributed by atoms with Crippen molar-refractivity contribution in [2.24, 2.45) is 17.8 Å². The average Bonchev–Trinajstić information content (AvgIpc) is 3.16. The summed E-state index contributed by atoms with van der Waals surface area (Å²) in [7, 11) is 4.79. The van der Waals surface area contributed by atoms with E-state index in [4.69, 9.17) is 16.3 Å². The number of benzene rings is 1. The summed E-state index contributed by atoms with van der Waals surface area (Å²) in [4.78, 5) is 26.4. The minimum Gasteiger partial charge on any atom is -0.494 e. The second-order valence-electron chi connectivity index (χ2n) is 6.61. The number of hydrogen-bond donors (Lipinski definition) is 1. The Balaban J connectivity index is 1.88. The molecule has 5 nitrogen and oxygen atoms in total. The van der Waals surface area contributed by atoms with E-state index < -0.39 is 0 Å². The highest BCUT2D eigenvalue weighted by atomic mass is 35.5. The Labute approximate surface area is 146 Å². The van der Waals surface area contributed by atoms with E-state index in [0.717, 1.165) is 12.8 Å². The SMILES string of the molecule is COc1c(NC(=O)[C@@H]2C[C@H]3C=C[C@H]2C3)cc(Cl)cc1C(=O)N(C)C. The maximum Gasteiger partial charge on any atom is 0.257 e. The summed E-state index contributed by atoms with van der Waals surface area (Å²) < 4.78 is 5.39. The molecule has 2 aliphatic carbocycles. The summed E-state index contributed by atoms with van der Waals surface area (Å²) in [6.45, 7) is 0. The number of methoxy groups -OCH3 is 1. The smallest absolute Gasteiger partial charge is 0.257 e. The van der Waals surface area contributed by atoms with Crippen LogP contribution in [0.5, 0.6) is 5.75 Å².